The molecule has 0 amide bonds. The van der Waals surface area contributed by atoms with Gasteiger partial charge >= 0.3 is 0 Å². The Morgan fingerprint density at radius 2 is 2.00 bits per heavy atom. The first-order valence-corrected chi connectivity index (χ1v) is 7.07. The van der Waals surface area contributed by atoms with Crippen LogP contribution in [-0.4, -0.2) is 7.05 Å². The molecule has 1 rings (SSSR count). The summed E-state index contributed by atoms with van der Waals surface area (Å²) in [6, 6.07) is 5.52. The average molecular weight is 251 g/mol. The Balaban J connectivity index is 2.95. The highest BCUT2D eigenvalue weighted by atomic mass is 19.1. The maximum Gasteiger partial charge on any atom is 0.128 e. The topological polar surface area (TPSA) is 12.0 Å². The monoisotopic (exact) mass is 251 g/mol. The van der Waals surface area contributed by atoms with Gasteiger partial charge in [-0.2, -0.15) is 0 Å². The predicted molar refractivity (Wildman–Crippen MR) is 76.2 cm³/mol. The molecule has 0 spiro atoms. The molecule has 0 aromatic heterocycles. The number of halogens is 1. The van der Waals surface area contributed by atoms with Gasteiger partial charge in [-0.25, -0.2) is 4.39 Å². The fourth-order valence-electron chi connectivity index (χ4n) is 2.62. The lowest BCUT2D eigenvalue weighted by Crippen LogP contribution is -2.26. The molecule has 1 aromatic rings. The van der Waals surface area contributed by atoms with Crippen molar-refractivity contribution in [1.82, 2.24) is 5.32 Å². The maximum absolute atomic E-state index is 14.0. The second-order valence-corrected chi connectivity index (χ2v) is 5.10. The SMILES string of the molecule is CCCCC(CC)C(NC)c1cc(C)ccc1F. The minimum absolute atomic E-state index is 0.0881. The van der Waals surface area contributed by atoms with Gasteiger partial charge in [0.1, 0.15) is 5.82 Å². The zero-order chi connectivity index (χ0) is 13.5. The van der Waals surface area contributed by atoms with Crippen LogP contribution in [0.2, 0.25) is 0 Å². The molecule has 0 bridgehead atoms. The third-order valence-corrected chi connectivity index (χ3v) is 3.72. The van der Waals surface area contributed by atoms with E-state index in [1.807, 2.05) is 26.1 Å². The number of hydrogen-bond donors (Lipinski definition) is 1. The van der Waals surface area contributed by atoms with E-state index in [0.717, 1.165) is 24.0 Å². The molecular formula is C16H26FN. The molecule has 0 saturated carbocycles. The molecule has 0 aliphatic carbocycles. The van der Waals surface area contributed by atoms with Crippen molar-refractivity contribution < 1.29 is 4.39 Å². The van der Waals surface area contributed by atoms with E-state index in [9.17, 15) is 4.39 Å². The predicted octanol–water partition coefficient (Wildman–Crippen LogP) is 4.61. The van der Waals surface area contributed by atoms with Gasteiger partial charge in [0.15, 0.2) is 0 Å². The van der Waals surface area contributed by atoms with E-state index in [2.05, 4.69) is 19.2 Å². The molecule has 0 aliphatic rings. The molecule has 1 aromatic carbocycles. The van der Waals surface area contributed by atoms with Crippen molar-refractivity contribution >= 4 is 0 Å². The summed E-state index contributed by atoms with van der Waals surface area (Å²) in [6.07, 6.45) is 4.65. The van der Waals surface area contributed by atoms with Gasteiger partial charge in [-0.05, 0) is 32.4 Å². The van der Waals surface area contributed by atoms with E-state index in [1.165, 1.54) is 12.8 Å². The Morgan fingerprint density at radius 3 is 2.56 bits per heavy atom. The van der Waals surface area contributed by atoms with Gasteiger partial charge in [0, 0.05) is 11.6 Å². The summed E-state index contributed by atoms with van der Waals surface area (Å²) < 4.78 is 14.0. The molecule has 0 radical (unpaired) electrons. The molecule has 0 aliphatic heterocycles. The number of unbranched alkanes of at least 4 members (excludes halogenated alkanes) is 1. The molecule has 2 atom stereocenters. The normalized spacial score (nSPS) is 14.5. The van der Waals surface area contributed by atoms with E-state index in [0.29, 0.717) is 5.92 Å². The summed E-state index contributed by atoms with van der Waals surface area (Å²) in [7, 11) is 1.93. The van der Waals surface area contributed by atoms with Gasteiger partial charge in [-0.3, -0.25) is 0 Å². The fraction of sp³-hybridized carbons (Fsp3) is 0.625. The Morgan fingerprint density at radius 1 is 1.28 bits per heavy atom. The van der Waals surface area contributed by atoms with Crippen molar-refractivity contribution in [1.29, 1.82) is 0 Å². The second kappa shape index (κ2) is 7.52. The highest BCUT2D eigenvalue weighted by Crippen LogP contribution is 2.30. The highest BCUT2D eigenvalue weighted by Gasteiger charge is 2.22. The van der Waals surface area contributed by atoms with Gasteiger partial charge < -0.3 is 5.32 Å². The van der Waals surface area contributed by atoms with Crippen LogP contribution in [0.5, 0.6) is 0 Å². The third-order valence-electron chi connectivity index (χ3n) is 3.72. The summed E-state index contributed by atoms with van der Waals surface area (Å²) in [4.78, 5) is 0. The molecule has 0 saturated heterocycles. The molecule has 1 N–H and O–H groups in total. The Bertz CT molecular complexity index is 362. The molecule has 2 unspecified atom stereocenters. The Kier molecular flexibility index (Phi) is 6.34. The second-order valence-electron chi connectivity index (χ2n) is 5.10. The van der Waals surface area contributed by atoms with Crippen LogP contribution in [0.1, 0.15) is 56.7 Å². The zero-order valence-electron chi connectivity index (χ0n) is 12.1. The zero-order valence-corrected chi connectivity index (χ0v) is 12.1. The van der Waals surface area contributed by atoms with Crippen LogP contribution in [-0.2, 0) is 0 Å². The largest absolute Gasteiger partial charge is 0.313 e. The lowest BCUT2D eigenvalue weighted by atomic mass is 9.86. The lowest BCUT2D eigenvalue weighted by Gasteiger charge is -2.27. The summed E-state index contributed by atoms with van der Waals surface area (Å²) in [6.45, 7) is 6.41. The minimum Gasteiger partial charge on any atom is -0.313 e. The molecule has 0 fully saturated rings. The molecule has 2 heteroatoms. The van der Waals surface area contributed by atoms with Crippen molar-refractivity contribution in [3.05, 3.63) is 35.1 Å². The Labute approximate surface area is 111 Å². The van der Waals surface area contributed by atoms with Crippen LogP contribution < -0.4 is 5.32 Å². The van der Waals surface area contributed by atoms with Crippen LogP contribution in [0.25, 0.3) is 0 Å². The molecule has 102 valence electrons. The van der Waals surface area contributed by atoms with Crippen LogP contribution in [0.4, 0.5) is 4.39 Å². The van der Waals surface area contributed by atoms with Crippen LogP contribution in [0.3, 0.4) is 0 Å². The summed E-state index contributed by atoms with van der Waals surface area (Å²) in [5, 5.41) is 3.31. The van der Waals surface area contributed by atoms with E-state index in [4.69, 9.17) is 0 Å². The first-order chi connectivity index (χ1) is 8.63. The van der Waals surface area contributed by atoms with E-state index in [1.54, 1.807) is 6.07 Å². The number of benzene rings is 1. The Hall–Kier alpha value is -0.890. The average Bonchev–Trinajstić information content (AvgIpc) is 2.38. The first-order valence-electron chi connectivity index (χ1n) is 7.07. The van der Waals surface area contributed by atoms with Crippen molar-refractivity contribution in [3.8, 4) is 0 Å². The van der Waals surface area contributed by atoms with Crippen LogP contribution in [0, 0.1) is 18.7 Å². The van der Waals surface area contributed by atoms with Gasteiger partial charge in [-0.15, -0.1) is 0 Å². The standard InChI is InChI=1S/C16H26FN/c1-5-7-8-13(6-2)16(18-4)14-11-12(3)9-10-15(14)17/h9-11,13,16,18H,5-8H2,1-4H3. The smallest absolute Gasteiger partial charge is 0.128 e. The number of hydrogen-bond acceptors (Lipinski definition) is 1. The van der Waals surface area contributed by atoms with Gasteiger partial charge in [0.25, 0.3) is 0 Å². The van der Waals surface area contributed by atoms with Crippen molar-refractivity contribution in [3.63, 3.8) is 0 Å². The van der Waals surface area contributed by atoms with Gasteiger partial charge in [0.05, 0.1) is 0 Å². The molecule has 18 heavy (non-hydrogen) atoms. The van der Waals surface area contributed by atoms with Gasteiger partial charge in [0.2, 0.25) is 0 Å². The molecule has 1 nitrogen and oxygen atoms in total. The van der Waals surface area contributed by atoms with E-state index < -0.39 is 0 Å². The fourth-order valence-corrected chi connectivity index (χ4v) is 2.62. The number of nitrogens with one attached hydrogen (secondary N) is 1. The summed E-state index contributed by atoms with van der Waals surface area (Å²) >= 11 is 0. The first kappa shape index (κ1) is 15.2. The van der Waals surface area contributed by atoms with E-state index >= 15 is 0 Å². The van der Waals surface area contributed by atoms with Crippen molar-refractivity contribution in [2.45, 2.75) is 52.5 Å². The minimum atomic E-state index is -0.0881. The van der Waals surface area contributed by atoms with Crippen molar-refractivity contribution in [2.24, 2.45) is 5.92 Å². The summed E-state index contributed by atoms with van der Waals surface area (Å²) in [5.41, 5.74) is 1.94. The number of rotatable bonds is 7. The van der Waals surface area contributed by atoms with E-state index in [-0.39, 0.29) is 11.9 Å². The highest BCUT2D eigenvalue weighted by molar-refractivity contribution is 5.27. The molecule has 0 heterocycles. The quantitative estimate of drug-likeness (QED) is 0.746. The summed E-state index contributed by atoms with van der Waals surface area (Å²) in [5.74, 6) is 0.418. The lowest BCUT2D eigenvalue weighted by molar-refractivity contribution is 0.331. The number of aryl methyl sites for hydroxylation is 1. The van der Waals surface area contributed by atoms with Crippen LogP contribution in [0.15, 0.2) is 18.2 Å². The van der Waals surface area contributed by atoms with Crippen LogP contribution >= 0.6 is 0 Å². The van der Waals surface area contributed by atoms with Gasteiger partial charge in [-0.1, -0.05) is 50.8 Å². The third kappa shape index (κ3) is 3.81. The van der Waals surface area contributed by atoms with Crippen molar-refractivity contribution in [2.75, 3.05) is 7.05 Å². The molecular weight excluding hydrogens is 225 g/mol. The maximum atomic E-state index is 14.0.